The van der Waals surface area contributed by atoms with Gasteiger partial charge in [-0.05, 0) is 28.0 Å². The second kappa shape index (κ2) is 6.73. The van der Waals surface area contributed by atoms with E-state index in [0.717, 1.165) is 27.5 Å². The maximum absolute atomic E-state index is 12.7. The van der Waals surface area contributed by atoms with Crippen LogP contribution in [0.3, 0.4) is 0 Å². The summed E-state index contributed by atoms with van der Waals surface area (Å²) in [7, 11) is 0. The molecule has 3 aromatic rings. The normalized spacial score (nSPS) is 14.6. The van der Waals surface area contributed by atoms with Crippen LogP contribution in [0.2, 0.25) is 0 Å². The van der Waals surface area contributed by atoms with E-state index in [-0.39, 0.29) is 11.7 Å². The third-order valence-electron chi connectivity index (χ3n) is 4.72. The lowest BCUT2D eigenvalue weighted by Crippen LogP contribution is -2.35. The summed E-state index contributed by atoms with van der Waals surface area (Å²) in [5.41, 5.74) is 3.32. The van der Waals surface area contributed by atoms with Gasteiger partial charge in [0.1, 0.15) is 5.75 Å². The molecule has 0 fully saturated rings. The van der Waals surface area contributed by atoms with Crippen LogP contribution < -0.4 is 5.32 Å². The van der Waals surface area contributed by atoms with E-state index >= 15 is 0 Å². The number of amides is 1. The fourth-order valence-corrected chi connectivity index (χ4v) is 3.68. The largest absolute Gasteiger partial charge is 0.508 e. The Morgan fingerprint density at radius 1 is 0.962 bits per heavy atom. The van der Waals surface area contributed by atoms with Crippen LogP contribution in [-0.4, -0.2) is 16.0 Å². The molecule has 0 aromatic heterocycles. The van der Waals surface area contributed by atoms with E-state index in [1.807, 2.05) is 60.7 Å². The number of carbonyl (C=O) groups is 1. The standard InChI is InChI=1S/C22H17NO2S/c24-20-11-10-15-8-4-5-9-16(15)18(20)12-19-17(13-21(26)23-22(19)25)14-6-2-1-3-7-14/h1-11,24H,12-13H2,(H,23,25,26). The van der Waals surface area contributed by atoms with Crippen molar-refractivity contribution in [2.75, 3.05) is 0 Å². The van der Waals surface area contributed by atoms with Crippen LogP contribution in [0, 0.1) is 0 Å². The minimum atomic E-state index is -0.188. The van der Waals surface area contributed by atoms with Crippen LogP contribution in [0.25, 0.3) is 16.3 Å². The van der Waals surface area contributed by atoms with Crippen molar-refractivity contribution in [1.29, 1.82) is 0 Å². The molecule has 4 heteroatoms. The number of hydrogen-bond donors (Lipinski definition) is 2. The molecule has 3 nitrogen and oxygen atoms in total. The van der Waals surface area contributed by atoms with Crippen molar-refractivity contribution in [3.63, 3.8) is 0 Å². The summed E-state index contributed by atoms with van der Waals surface area (Å²) < 4.78 is 0. The van der Waals surface area contributed by atoms with Gasteiger partial charge in [0, 0.05) is 24.0 Å². The van der Waals surface area contributed by atoms with Crippen LogP contribution in [-0.2, 0) is 11.2 Å². The third kappa shape index (κ3) is 3.00. The summed E-state index contributed by atoms with van der Waals surface area (Å²) in [4.78, 5) is 13.2. The Morgan fingerprint density at radius 3 is 2.50 bits per heavy atom. The van der Waals surface area contributed by atoms with Crippen molar-refractivity contribution in [2.24, 2.45) is 0 Å². The Kier molecular flexibility index (Phi) is 4.27. The van der Waals surface area contributed by atoms with E-state index in [2.05, 4.69) is 5.32 Å². The van der Waals surface area contributed by atoms with Gasteiger partial charge in [0.25, 0.3) is 5.91 Å². The number of phenolic OH excluding ortho intramolecular Hbond substituents is 1. The minimum absolute atomic E-state index is 0.188. The van der Waals surface area contributed by atoms with Crippen molar-refractivity contribution < 1.29 is 9.90 Å². The predicted molar refractivity (Wildman–Crippen MR) is 108 cm³/mol. The molecule has 3 aromatic carbocycles. The number of thiocarbonyl (C=S) groups is 1. The first-order valence-electron chi connectivity index (χ1n) is 8.44. The Morgan fingerprint density at radius 2 is 1.69 bits per heavy atom. The zero-order valence-corrected chi connectivity index (χ0v) is 14.8. The first kappa shape index (κ1) is 16.5. The molecule has 0 spiro atoms. The number of nitrogens with one attached hydrogen (secondary N) is 1. The van der Waals surface area contributed by atoms with Gasteiger partial charge in [-0.25, -0.2) is 0 Å². The third-order valence-corrected chi connectivity index (χ3v) is 4.97. The molecule has 0 saturated heterocycles. The molecule has 2 N–H and O–H groups in total. The van der Waals surface area contributed by atoms with E-state index in [1.165, 1.54) is 0 Å². The zero-order valence-electron chi connectivity index (χ0n) is 14.0. The van der Waals surface area contributed by atoms with Gasteiger partial charge in [-0.15, -0.1) is 0 Å². The summed E-state index contributed by atoms with van der Waals surface area (Å²) in [6.07, 6.45) is 0.873. The lowest BCUT2D eigenvalue weighted by atomic mass is 9.88. The van der Waals surface area contributed by atoms with Crippen molar-refractivity contribution in [1.82, 2.24) is 5.32 Å². The van der Waals surface area contributed by atoms with E-state index in [4.69, 9.17) is 12.2 Å². The quantitative estimate of drug-likeness (QED) is 0.682. The molecule has 0 saturated carbocycles. The molecule has 0 unspecified atom stereocenters. The average Bonchev–Trinajstić information content (AvgIpc) is 2.66. The van der Waals surface area contributed by atoms with Gasteiger partial charge in [0.05, 0.1) is 4.99 Å². The molecule has 128 valence electrons. The number of rotatable bonds is 3. The zero-order chi connectivity index (χ0) is 18.1. The molecule has 0 aliphatic carbocycles. The average molecular weight is 359 g/mol. The van der Waals surface area contributed by atoms with E-state index < -0.39 is 0 Å². The highest BCUT2D eigenvalue weighted by molar-refractivity contribution is 7.80. The Bertz CT molecular complexity index is 1050. The summed E-state index contributed by atoms with van der Waals surface area (Å²) in [5.74, 6) is 0.0111. The van der Waals surface area contributed by atoms with Crippen molar-refractivity contribution in [3.05, 3.63) is 83.4 Å². The smallest absolute Gasteiger partial charge is 0.252 e. The fraction of sp³-hybridized carbons (Fsp3) is 0.0909. The molecular formula is C22H17NO2S. The lowest BCUT2D eigenvalue weighted by Gasteiger charge is -2.22. The maximum atomic E-state index is 12.7. The van der Waals surface area contributed by atoms with Crippen LogP contribution in [0.1, 0.15) is 17.5 Å². The summed E-state index contributed by atoms with van der Waals surface area (Å²) >= 11 is 5.26. The highest BCUT2D eigenvalue weighted by Gasteiger charge is 2.25. The van der Waals surface area contributed by atoms with Gasteiger partial charge in [0.15, 0.2) is 0 Å². The molecule has 1 aliphatic heterocycles. The van der Waals surface area contributed by atoms with Gasteiger partial charge in [0.2, 0.25) is 0 Å². The molecule has 0 bridgehead atoms. The second-order valence-electron chi connectivity index (χ2n) is 6.34. The van der Waals surface area contributed by atoms with Crippen molar-refractivity contribution >= 4 is 39.5 Å². The Labute approximate surface area is 157 Å². The molecule has 4 rings (SSSR count). The number of aromatic hydroxyl groups is 1. The molecule has 1 heterocycles. The summed E-state index contributed by atoms with van der Waals surface area (Å²) in [5, 5.41) is 15.2. The predicted octanol–water partition coefficient (Wildman–Crippen LogP) is 4.39. The lowest BCUT2D eigenvalue weighted by molar-refractivity contribution is -0.116. The molecule has 1 amide bonds. The van der Waals surface area contributed by atoms with Crippen LogP contribution in [0.5, 0.6) is 5.75 Å². The molecular weight excluding hydrogens is 342 g/mol. The highest BCUT2D eigenvalue weighted by atomic mass is 32.1. The topological polar surface area (TPSA) is 49.3 Å². The van der Waals surface area contributed by atoms with Crippen LogP contribution >= 0.6 is 12.2 Å². The number of fused-ring (bicyclic) bond motifs is 1. The number of carbonyl (C=O) groups excluding carboxylic acids is 1. The molecule has 0 radical (unpaired) electrons. The summed E-state index contributed by atoms with van der Waals surface area (Å²) in [6, 6.07) is 21.3. The van der Waals surface area contributed by atoms with Gasteiger partial charge in [-0.3, -0.25) is 4.79 Å². The van der Waals surface area contributed by atoms with E-state index in [1.54, 1.807) is 6.07 Å². The number of hydrogen-bond acceptors (Lipinski definition) is 3. The van der Waals surface area contributed by atoms with E-state index in [0.29, 0.717) is 23.4 Å². The first-order chi connectivity index (χ1) is 12.6. The van der Waals surface area contributed by atoms with Crippen molar-refractivity contribution in [2.45, 2.75) is 12.8 Å². The monoisotopic (exact) mass is 359 g/mol. The number of phenols is 1. The highest BCUT2D eigenvalue weighted by Crippen LogP contribution is 2.33. The SMILES string of the molecule is O=C1NC(=S)CC(c2ccccc2)=C1Cc1c(O)ccc2ccccc12. The Balaban J connectivity index is 1.89. The van der Waals surface area contributed by atoms with E-state index in [9.17, 15) is 9.90 Å². The first-order valence-corrected chi connectivity index (χ1v) is 8.85. The van der Waals surface area contributed by atoms with Gasteiger partial charge >= 0.3 is 0 Å². The van der Waals surface area contributed by atoms with Crippen LogP contribution in [0.15, 0.2) is 72.3 Å². The van der Waals surface area contributed by atoms with Crippen molar-refractivity contribution in [3.8, 4) is 5.75 Å². The Hall–Kier alpha value is -2.98. The molecule has 26 heavy (non-hydrogen) atoms. The van der Waals surface area contributed by atoms with Crippen LogP contribution in [0.4, 0.5) is 0 Å². The second-order valence-corrected chi connectivity index (χ2v) is 6.83. The van der Waals surface area contributed by atoms with Gasteiger partial charge in [-0.1, -0.05) is 72.9 Å². The molecule has 1 aliphatic rings. The summed E-state index contributed by atoms with van der Waals surface area (Å²) in [6.45, 7) is 0. The maximum Gasteiger partial charge on any atom is 0.252 e. The fourth-order valence-electron chi connectivity index (χ4n) is 3.44. The minimum Gasteiger partial charge on any atom is -0.508 e. The van der Waals surface area contributed by atoms with Gasteiger partial charge in [-0.2, -0.15) is 0 Å². The number of benzene rings is 3. The van der Waals surface area contributed by atoms with Gasteiger partial charge < -0.3 is 10.4 Å². The molecule has 0 atom stereocenters.